The highest BCUT2D eigenvalue weighted by Crippen LogP contribution is 2.07. The summed E-state index contributed by atoms with van der Waals surface area (Å²) in [5.41, 5.74) is 5.59. The molecule has 3 N–H and O–H groups in total. The highest BCUT2D eigenvalue weighted by molar-refractivity contribution is 5.80. The van der Waals surface area contributed by atoms with Crippen molar-refractivity contribution in [1.29, 1.82) is 0 Å². The van der Waals surface area contributed by atoms with Gasteiger partial charge in [-0.05, 0) is 13.3 Å². The van der Waals surface area contributed by atoms with Crippen molar-refractivity contribution in [1.82, 2.24) is 4.90 Å². The SMILES string of the molecule is CC(O)C(=O)N1CCC(N)C1. The van der Waals surface area contributed by atoms with Crippen LogP contribution in [0.15, 0.2) is 0 Å². The number of carbonyl (C=O) groups is 1. The van der Waals surface area contributed by atoms with Gasteiger partial charge in [-0.25, -0.2) is 0 Å². The third-order valence-electron chi connectivity index (χ3n) is 1.89. The average Bonchev–Trinajstić information content (AvgIpc) is 2.34. The Morgan fingerprint density at radius 3 is 2.82 bits per heavy atom. The molecule has 0 radical (unpaired) electrons. The maximum absolute atomic E-state index is 11.1. The second kappa shape index (κ2) is 3.19. The molecular weight excluding hydrogens is 144 g/mol. The van der Waals surface area contributed by atoms with E-state index in [0.717, 1.165) is 6.42 Å². The summed E-state index contributed by atoms with van der Waals surface area (Å²) in [5.74, 6) is -0.210. The standard InChI is InChI=1S/C7H14N2O2/c1-5(10)7(11)9-3-2-6(8)4-9/h5-6,10H,2-4,8H2,1H3. The summed E-state index contributed by atoms with van der Waals surface area (Å²) in [6.45, 7) is 2.75. The minimum Gasteiger partial charge on any atom is -0.384 e. The fourth-order valence-electron chi connectivity index (χ4n) is 1.25. The van der Waals surface area contributed by atoms with Crippen LogP contribution in [-0.2, 0) is 4.79 Å². The monoisotopic (exact) mass is 158 g/mol. The third-order valence-corrected chi connectivity index (χ3v) is 1.89. The minimum atomic E-state index is -0.889. The van der Waals surface area contributed by atoms with Crippen LogP contribution in [-0.4, -0.2) is 41.1 Å². The van der Waals surface area contributed by atoms with Crippen molar-refractivity contribution in [3.8, 4) is 0 Å². The Labute approximate surface area is 66.0 Å². The van der Waals surface area contributed by atoms with Crippen molar-refractivity contribution in [3.05, 3.63) is 0 Å². The molecule has 1 saturated heterocycles. The largest absolute Gasteiger partial charge is 0.384 e. The van der Waals surface area contributed by atoms with Crippen LogP contribution in [0, 0.1) is 0 Å². The zero-order valence-electron chi connectivity index (χ0n) is 6.66. The van der Waals surface area contributed by atoms with E-state index in [2.05, 4.69) is 0 Å². The van der Waals surface area contributed by atoms with Gasteiger partial charge in [-0.3, -0.25) is 4.79 Å². The van der Waals surface area contributed by atoms with Crippen LogP contribution in [0.25, 0.3) is 0 Å². The molecule has 1 rings (SSSR count). The molecule has 0 bridgehead atoms. The molecule has 1 fully saturated rings. The number of carbonyl (C=O) groups excluding carboxylic acids is 1. The first-order chi connectivity index (χ1) is 5.11. The topological polar surface area (TPSA) is 66.6 Å². The predicted octanol–water partition coefficient (Wildman–Crippen LogP) is -1.07. The van der Waals surface area contributed by atoms with E-state index in [1.165, 1.54) is 6.92 Å². The lowest BCUT2D eigenvalue weighted by molar-refractivity contribution is -0.138. The van der Waals surface area contributed by atoms with Gasteiger partial charge in [0.2, 0.25) is 0 Å². The Hall–Kier alpha value is -0.610. The molecular formula is C7H14N2O2. The fraction of sp³-hybridized carbons (Fsp3) is 0.857. The number of nitrogens with two attached hydrogens (primary N) is 1. The molecule has 64 valence electrons. The number of aliphatic hydroxyl groups is 1. The maximum Gasteiger partial charge on any atom is 0.251 e. The summed E-state index contributed by atoms with van der Waals surface area (Å²) in [6, 6.07) is 0.0951. The van der Waals surface area contributed by atoms with Gasteiger partial charge in [-0.1, -0.05) is 0 Å². The number of hydrogen-bond acceptors (Lipinski definition) is 3. The molecule has 2 atom stereocenters. The van der Waals surface area contributed by atoms with Gasteiger partial charge in [0.1, 0.15) is 6.10 Å². The first kappa shape index (κ1) is 8.49. The van der Waals surface area contributed by atoms with E-state index in [9.17, 15) is 4.79 Å². The molecule has 11 heavy (non-hydrogen) atoms. The second-order valence-electron chi connectivity index (χ2n) is 3.01. The summed E-state index contributed by atoms with van der Waals surface area (Å²) in [5, 5.41) is 8.94. The average molecular weight is 158 g/mol. The van der Waals surface area contributed by atoms with Crippen LogP contribution in [0.4, 0.5) is 0 Å². The number of hydrogen-bond donors (Lipinski definition) is 2. The Bertz CT molecular complexity index is 159. The number of likely N-dealkylation sites (tertiary alicyclic amines) is 1. The summed E-state index contributed by atoms with van der Waals surface area (Å²) in [4.78, 5) is 12.7. The second-order valence-corrected chi connectivity index (χ2v) is 3.01. The zero-order chi connectivity index (χ0) is 8.43. The lowest BCUT2D eigenvalue weighted by atomic mass is 10.3. The molecule has 0 spiro atoms. The van der Waals surface area contributed by atoms with Gasteiger partial charge in [0, 0.05) is 19.1 Å². The number of amides is 1. The van der Waals surface area contributed by atoms with Gasteiger partial charge in [0.25, 0.3) is 5.91 Å². The molecule has 0 aromatic rings. The highest BCUT2D eigenvalue weighted by Gasteiger charge is 2.25. The van der Waals surface area contributed by atoms with Crippen molar-refractivity contribution < 1.29 is 9.90 Å². The van der Waals surface area contributed by atoms with Crippen molar-refractivity contribution >= 4 is 5.91 Å². The molecule has 1 aliphatic rings. The number of nitrogens with zero attached hydrogens (tertiary/aromatic N) is 1. The first-order valence-electron chi connectivity index (χ1n) is 3.83. The molecule has 4 nitrogen and oxygen atoms in total. The number of rotatable bonds is 1. The zero-order valence-corrected chi connectivity index (χ0v) is 6.66. The third kappa shape index (κ3) is 1.91. The molecule has 0 aromatic heterocycles. The Kier molecular flexibility index (Phi) is 2.46. The Balaban J connectivity index is 2.43. The molecule has 1 aliphatic heterocycles. The van der Waals surface area contributed by atoms with Gasteiger partial charge in [0.05, 0.1) is 0 Å². The van der Waals surface area contributed by atoms with Crippen molar-refractivity contribution in [3.63, 3.8) is 0 Å². The van der Waals surface area contributed by atoms with Gasteiger partial charge < -0.3 is 15.7 Å². The lowest BCUT2D eigenvalue weighted by Gasteiger charge is -2.16. The Morgan fingerprint density at radius 1 is 1.82 bits per heavy atom. The molecule has 0 aliphatic carbocycles. The summed E-state index contributed by atoms with van der Waals surface area (Å²) < 4.78 is 0. The lowest BCUT2D eigenvalue weighted by Crippen LogP contribution is -2.37. The smallest absolute Gasteiger partial charge is 0.251 e. The van der Waals surface area contributed by atoms with Crippen molar-refractivity contribution in [2.75, 3.05) is 13.1 Å². The fourth-order valence-corrected chi connectivity index (χ4v) is 1.25. The summed E-state index contributed by atoms with van der Waals surface area (Å²) in [6.07, 6.45) is -0.0429. The van der Waals surface area contributed by atoms with Gasteiger partial charge in [-0.2, -0.15) is 0 Å². The van der Waals surface area contributed by atoms with E-state index in [1.54, 1.807) is 4.90 Å². The molecule has 0 aromatic carbocycles. The van der Waals surface area contributed by atoms with Crippen LogP contribution in [0.5, 0.6) is 0 Å². The molecule has 1 amide bonds. The molecule has 4 heteroatoms. The maximum atomic E-state index is 11.1. The van der Waals surface area contributed by atoms with E-state index >= 15 is 0 Å². The van der Waals surface area contributed by atoms with Gasteiger partial charge >= 0.3 is 0 Å². The van der Waals surface area contributed by atoms with Crippen LogP contribution < -0.4 is 5.73 Å². The first-order valence-corrected chi connectivity index (χ1v) is 3.83. The Morgan fingerprint density at radius 2 is 2.45 bits per heavy atom. The normalized spacial score (nSPS) is 27.2. The molecule has 1 heterocycles. The molecule has 2 unspecified atom stereocenters. The summed E-state index contributed by atoms with van der Waals surface area (Å²) in [7, 11) is 0. The summed E-state index contributed by atoms with van der Waals surface area (Å²) >= 11 is 0. The van der Waals surface area contributed by atoms with Crippen molar-refractivity contribution in [2.24, 2.45) is 5.73 Å². The minimum absolute atomic E-state index is 0.0951. The van der Waals surface area contributed by atoms with E-state index in [-0.39, 0.29) is 11.9 Å². The number of aliphatic hydroxyl groups excluding tert-OH is 1. The van der Waals surface area contributed by atoms with Crippen molar-refractivity contribution in [2.45, 2.75) is 25.5 Å². The van der Waals surface area contributed by atoms with E-state index < -0.39 is 6.10 Å². The van der Waals surface area contributed by atoms with E-state index in [0.29, 0.717) is 13.1 Å². The van der Waals surface area contributed by atoms with Crippen LogP contribution in [0.2, 0.25) is 0 Å². The predicted molar refractivity (Wildman–Crippen MR) is 40.9 cm³/mol. The van der Waals surface area contributed by atoms with E-state index in [4.69, 9.17) is 10.8 Å². The quantitative estimate of drug-likeness (QED) is 0.510. The van der Waals surface area contributed by atoms with Crippen LogP contribution >= 0.6 is 0 Å². The van der Waals surface area contributed by atoms with E-state index in [1.807, 2.05) is 0 Å². The highest BCUT2D eigenvalue weighted by atomic mass is 16.3. The van der Waals surface area contributed by atoms with Crippen LogP contribution in [0.3, 0.4) is 0 Å². The van der Waals surface area contributed by atoms with Crippen LogP contribution in [0.1, 0.15) is 13.3 Å². The van der Waals surface area contributed by atoms with Gasteiger partial charge in [-0.15, -0.1) is 0 Å². The van der Waals surface area contributed by atoms with Gasteiger partial charge in [0.15, 0.2) is 0 Å². The molecule has 0 saturated carbocycles.